The van der Waals surface area contributed by atoms with Crippen LogP contribution in [0.5, 0.6) is 0 Å². The van der Waals surface area contributed by atoms with Crippen LogP contribution in [0.4, 0.5) is 4.39 Å². The molecule has 24 heavy (non-hydrogen) atoms. The molecule has 1 unspecified atom stereocenters. The Bertz CT molecular complexity index is 578. The van der Waals surface area contributed by atoms with Crippen LogP contribution in [0.1, 0.15) is 45.6 Å². The molecule has 1 aliphatic rings. The maximum absolute atomic E-state index is 13.0. The number of nitrogens with one attached hydrogen (secondary N) is 1. The van der Waals surface area contributed by atoms with E-state index in [9.17, 15) is 14.0 Å². The Kier molecular flexibility index (Phi) is 5.97. The van der Waals surface area contributed by atoms with E-state index in [4.69, 9.17) is 0 Å². The van der Waals surface area contributed by atoms with E-state index in [-0.39, 0.29) is 35.6 Å². The summed E-state index contributed by atoms with van der Waals surface area (Å²) in [5.74, 6) is -0.383. The number of carbonyl (C=O) groups is 2. The second-order valence-electron chi connectivity index (χ2n) is 7.73. The fourth-order valence-electron chi connectivity index (χ4n) is 3.09. The van der Waals surface area contributed by atoms with Crippen LogP contribution in [0.2, 0.25) is 0 Å². The van der Waals surface area contributed by atoms with Gasteiger partial charge in [-0.05, 0) is 42.4 Å². The molecular formula is C19H27FN2O2. The second kappa shape index (κ2) is 7.77. The van der Waals surface area contributed by atoms with Gasteiger partial charge >= 0.3 is 0 Å². The zero-order valence-corrected chi connectivity index (χ0v) is 14.8. The van der Waals surface area contributed by atoms with Crippen molar-refractivity contribution >= 4 is 11.8 Å². The molecule has 1 aromatic carbocycles. The molecule has 1 aromatic rings. The van der Waals surface area contributed by atoms with E-state index in [2.05, 4.69) is 5.32 Å². The summed E-state index contributed by atoms with van der Waals surface area (Å²) in [6.07, 6.45) is 3.04. The number of rotatable bonds is 5. The first-order valence-electron chi connectivity index (χ1n) is 8.55. The first-order valence-corrected chi connectivity index (χ1v) is 8.55. The molecule has 132 valence electrons. The standard InChI is InChI=1S/C19H27FN2O2/c1-19(2,3)12-17(23)21-13-18(24)22-10-4-5-16(22)11-14-6-8-15(20)9-7-14/h6-9,16H,4-5,10-13H2,1-3H3,(H,21,23). The van der Waals surface area contributed by atoms with E-state index >= 15 is 0 Å². The molecule has 5 heteroatoms. The summed E-state index contributed by atoms with van der Waals surface area (Å²) in [5.41, 5.74) is 0.934. The first-order chi connectivity index (χ1) is 11.2. The Morgan fingerprint density at radius 2 is 1.92 bits per heavy atom. The van der Waals surface area contributed by atoms with Crippen LogP contribution in [0.15, 0.2) is 24.3 Å². The predicted octanol–water partition coefficient (Wildman–Crippen LogP) is 2.91. The van der Waals surface area contributed by atoms with Crippen molar-refractivity contribution in [2.24, 2.45) is 5.41 Å². The smallest absolute Gasteiger partial charge is 0.242 e. The second-order valence-corrected chi connectivity index (χ2v) is 7.73. The Hall–Kier alpha value is -1.91. The van der Waals surface area contributed by atoms with Crippen molar-refractivity contribution in [2.45, 2.75) is 52.5 Å². The van der Waals surface area contributed by atoms with Gasteiger partial charge in [-0.1, -0.05) is 32.9 Å². The Morgan fingerprint density at radius 3 is 2.54 bits per heavy atom. The van der Waals surface area contributed by atoms with Gasteiger partial charge in [-0.25, -0.2) is 4.39 Å². The SMILES string of the molecule is CC(C)(C)CC(=O)NCC(=O)N1CCCC1Cc1ccc(F)cc1. The molecule has 1 heterocycles. The number of halogens is 1. The lowest BCUT2D eigenvalue weighted by Crippen LogP contribution is -2.43. The average Bonchev–Trinajstić information content (AvgIpc) is 2.93. The van der Waals surface area contributed by atoms with Crippen molar-refractivity contribution in [3.8, 4) is 0 Å². The van der Waals surface area contributed by atoms with Crippen molar-refractivity contribution < 1.29 is 14.0 Å². The van der Waals surface area contributed by atoms with Crippen LogP contribution < -0.4 is 5.32 Å². The third-order valence-electron chi connectivity index (χ3n) is 4.21. The number of benzene rings is 1. The molecule has 1 atom stereocenters. The number of carbonyl (C=O) groups excluding carboxylic acids is 2. The van der Waals surface area contributed by atoms with E-state index in [1.807, 2.05) is 25.7 Å². The zero-order chi connectivity index (χ0) is 17.7. The Balaban J connectivity index is 1.86. The summed E-state index contributed by atoms with van der Waals surface area (Å²) in [6, 6.07) is 6.55. The summed E-state index contributed by atoms with van der Waals surface area (Å²) < 4.78 is 13.0. The predicted molar refractivity (Wildman–Crippen MR) is 91.9 cm³/mol. The number of nitrogens with zero attached hydrogens (tertiary/aromatic N) is 1. The topological polar surface area (TPSA) is 49.4 Å². The van der Waals surface area contributed by atoms with Crippen molar-refractivity contribution in [1.29, 1.82) is 0 Å². The molecule has 0 aromatic heterocycles. The van der Waals surface area contributed by atoms with Crippen molar-refractivity contribution in [3.63, 3.8) is 0 Å². The van der Waals surface area contributed by atoms with Gasteiger partial charge in [0.1, 0.15) is 5.82 Å². The number of hydrogen-bond donors (Lipinski definition) is 1. The van der Waals surface area contributed by atoms with Crippen LogP contribution in [0.3, 0.4) is 0 Å². The molecule has 0 spiro atoms. The molecule has 0 saturated carbocycles. The van der Waals surface area contributed by atoms with Gasteiger partial charge in [0.2, 0.25) is 11.8 Å². The lowest BCUT2D eigenvalue weighted by molar-refractivity contribution is -0.134. The Morgan fingerprint density at radius 1 is 1.25 bits per heavy atom. The van der Waals surface area contributed by atoms with Gasteiger partial charge in [0.15, 0.2) is 0 Å². The van der Waals surface area contributed by atoms with Crippen molar-refractivity contribution in [2.75, 3.05) is 13.1 Å². The van der Waals surface area contributed by atoms with Crippen LogP contribution >= 0.6 is 0 Å². The molecule has 1 N–H and O–H groups in total. The van der Waals surface area contributed by atoms with Gasteiger partial charge in [0.25, 0.3) is 0 Å². The van der Waals surface area contributed by atoms with E-state index < -0.39 is 0 Å². The minimum Gasteiger partial charge on any atom is -0.347 e. The minimum absolute atomic E-state index is 0.0399. The van der Waals surface area contributed by atoms with Gasteiger partial charge < -0.3 is 10.2 Å². The molecule has 0 aliphatic carbocycles. The fraction of sp³-hybridized carbons (Fsp3) is 0.579. The van der Waals surface area contributed by atoms with E-state index in [1.165, 1.54) is 12.1 Å². The van der Waals surface area contributed by atoms with Gasteiger partial charge in [-0.3, -0.25) is 9.59 Å². The van der Waals surface area contributed by atoms with Crippen LogP contribution in [-0.4, -0.2) is 35.8 Å². The fourth-order valence-corrected chi connectivity index (χ4v) is 3.09. The third-order valence-corrected chi connectivity index (χ3v) is 4.21. The highest BCUT2D eigenvalue weighted by atomic mass is 19.1. The van der Waals surface area contributed by atoms with E-state index in [0.29, 0.717) is 6.42 Å². The quantitative estimate of drug-likeness (QED) is 0.900. The summed E-state index contributed by atoms with van der Waals surface area (Å²) >= 11 is 0. The maximum Gasteiger partial charge on any atom is 0.242 e. The molecule has 1 aliphatic heterocycles. The normalized spacial score (nSPS) is 17.8. The molecule has 2 amide bonds. The molecule has 1 fully saturated rings. The van der Waals surface area contributed by atoms with Gasteiger partial charge in [-0.15, -0.1) is 0 Å². The molecule has 1 saturated heterocycles. The highest BCUT2D eigenvalue weighted by molar-refractivity contribution is 5.85. The summed E-state index contributed by atoms with van der Waals surface area (Å²) in [7, 11) is 0. The number of likely N-dealkylation sites (tertiary alicyclic amines) is 1. The van der Waals surface area contributed by atoms with E-state index in [1.54, 1.807) is 12.1 Å². The van der Waals surface area contributed by atoms with Crippen LogP contribution in [0, 0.1) is 11.2 Å². The highest BCUT2D eigenvalue weighted by Gasteiger charge is 2.29. The maximum atomic E-state index is 13.0. The summed E-state index contributed by atoms with van der Waals surface area (Å²) in [6.45, 7) is 6.75. The lowest BCUT2D eigenvalue weighted by Gasteiger charge is -2.25. The first kappa shape index (κ1) is 18.4. The van der Waals surface area contributed by atoms with E-state index in [0.717, 1.165) is 31.4 Å². The molecule has 0 radical (unpaired) electrons. The van der Waals surface area contributed by atoms with Crippen molar-refractivity contribution in [3.05, 3.63) is 35.6 Å². The number of amides is 2. The Labute approximate surface area is 143 Å². The van der Waals surface area contributed by atoms with Gasteiger partial charge in [0.05, 0.1) is 6.54 Å². The van der Waals surface area contributed by atoms with Crippen molar-refractivity contribution in [1.82, 2.24) is 10.2 Å². The molecular weight excluding hydrogens is 307 g/mol. The average molecular weight is 334 g/mol. The molecule has 4 nitrogen and oxygen atoms in total. The van der Waals surface area contributed by atoms with Crippen LogP contribution in [0.25, 0.3) is 0 Å². The van der Waals surface area contributed by atoms with Gasteiger partial charge in [-0.2, -0.15) is 0 Å². The summed E-state index contributed by atoms with van der Waals surface area (Å²) in [5, 5.41) is 2.73. The molecule has 0 bridgehead atoms. The largest absolute Gasteiger partial charge is 0.347 e. The lowest BCUT2D eigenvalue weighted by atomic mass is 9.92. The zero-order valence-electron chi connectivity index (χ0n) is 14.8. The van der Waals surface area contributed by atoms with Crippen LogP contribution in [-0.2, 0) is 16.0 Å². The minimum atomic E-state index is -0.250. The highest BCUT2D eigenvalue weighted by Crippen LogP contribution is 2.22. The monoisotopic (exact) mass is 334 g/mol. The molecule has 2 rings (SSSR count). The third kappa shape index (κ3) is 5.62. The van der Waals surface area contributed by atoms with Gasteiger partial charge in [0, 0.05) is 19.0 Å². The summed E-state index contributed by atoms with van der Waals surface area (Å²) in [4.78, 5) is 26.1. The number of hydrogen-bond acceptors (Lipinski definition) is 2.